The molecule has 2 rings (SSSR count). The van der Waals surface area contributed by atoms with Crippen molar-refractivity contribution < 1.29 is 4.79 Å². The molecule has 2 heterocycles. The van der Waals surface area contributed by atoms with Crippen LogP contribution in [-0.4, -0.2) is 25.9 Å². The molecule has 7 heteroatoms. The summed E-state index contributed by atoms with van der Waals surface area (Å²) >= 11 is 10.4. The highest BCUT2D eigenvalue weighted by Gasteiger charge is 2.16. The number of carbonyl (C=O) groups is 1. The molecular formula is C14H17ClN4OS. The van der Waals surface area contributed by atoms with Crippen molar-refractivity contribution >= 4 is 35.8 Å². The standard InChI is InChI=1S/C14H17ClN4OS/c1-9(2)12(21)6-13(20)17-11-8-19(18-14(11)15)10-4-3-5-16-7-10/h3-5,7-9,12,21H,6H2,1-2H3,(H,17,20). The fraction of sp³-hybridized carbons (Fsp3) is 0.357. The molecule has 0 spiro atoms. The van der Waals surface area contributed by atoms with Crippen molar-refractivity contribution in [3.05, 3.63) is 35.9 Å². The predicted molar refractivity (Wildman–Crippen MR) is 87.2 cm³/mol. The summed E-state index contributed by atoms with van der Waals surface area (Å²) in [5, 5.41) is 7.17. The Bertz CT molecular complexity index is 615. The first-order valence-electron chi connectivity index (χ1n) is 6.61. The number of thiol groups is 1. The third kappa shape index (κ3) is 4.22. The maximum absolute atomic E-state index is 12.0. The minimum absolute atomic E-state index is 0.0112. The molecule has 1 unspecified atom stereocenters. The lowest BCUT2D eigenvalue weighted by Gasteiger charge is -2.13. The monoisotopic (exact) mass is 324 g/mol. The van der Waals surface area contributed by atoms with Crippen molar-refractivity contribution in [2.75, 3.05) is 5.32 Å². The molecule has 0 saturated carbocycles. The van der Waals surface area contributed by atoms with Crippen LogP contribution in [0.25, 0.3) is 5.69 Å². The fourth-order valence-electron chi connectivity index (χ4n) is 1.69. The van der Waals surface area contributed by atoms with Gasteiger partial charge in [-0.3, -0.25) is 9.78 Å². The molecule has 0 aromatic carbocycles. The van der Waals surface area contributed by atoms with E-state index < -0.39 is 0 Å². The molecule has 0 saturated heterocycles. The molecule has 0 radical (unpaired) electrons. The van der Waals surface area contributed by atoms with E-state index in [1.54, 1.807) is 29.3 Å². The maximum Gasteiger partial charge on any atom is 0.225 e. The normalized spacial score (nSPS) is 12.4. The zero-order valence-electron chi connectivity index (χ0n) is 11.8. The molecule has 112 valence electrons. The van der Waals surface area contributed by atoms with E-state index in [0.29, 0.717) is 18.0 Å². The Hall–Kier alpha value is -1.53. The maximum atomic E-state index is 12.0. The summed E-state index contributed by atoms with van der Waals surface area (Å²) in [6, 6.07) is 3.65. The quantitative estimate of drug-likeness (QED) is 0.830. The molecule has 0 fully saturated rings. The van der Waals surface area contributed by atoms with E-state index in [1.165, 1.54) is 0 Å². The van der Waals surface area contributed by atoms with Gasteiger partial charge < -0.3 is 5.32 Å². The molecule has 0 aliphatic carbocycles. The number of anilines is 1. The smallest absolute Gasteiger partial charge is 0.225 e. The average molecular weight is 325 g/mol. The molecule has 0 bridgehead atoms. The summed E-state index contributed by atoms with van der Waals surface area (Å²) in [5.41, 5.74) is 1.25. The molecule has 1 atom stereocenters. The zero-order chi connectivity index (χ0) is 15.4. The Balaban J connectivity index is 2.08. The molecule has 21 heavy (non-hydrogen) atoms. The van der Waals surface area contributed by atoms with E-state index in [-0.39, 0.29) is 16.3 Å². The first kappa shape index (κ1) is 15.9. The Morgan fingerprint density at radius 3 is 2.90 bits per heavy atom. The van der Waals surface area contributed by atoms with Gasteiger partial charge in [-0.25, -0.2) is 4.68 Å². The van der Waals surface area contributed by atoms with E-state index in [2.05, 4.69) is 28.0 Å². The molecule has 2 aromatic heterocycles. The van der Waals surface area contributed by atoms with Gasteiger partial charge in [-0.05, 0) is 18.1 Å². The first-order chi connectivity index (χ1) is 9.97. The minimum Gasteiger partial charge on any atom is -0.322 e. The number of halogens is 1. The lowest BCUT2D eigenvalue weighted by atomic mass is 10.1. The summed E-state index contributed by atoms with van der Waals surface area (Å²) in [4.78, 5) is 16.0. The van der Waals surface area contributed by atoms with Crippen molar-refractivity contribution in [3.63, 3.8) is 0 Å². The van der Waals surface area contributed by atoms with E-state index in [9.17, 15) is 4.79 Å². The number of aromatic nitrogens is 3. The van der Waals surface area contributed by atoms with Crippen LogP contribution < -0.4 is 5.32 Å². The molecule has 0 aliphatic rings. The van der Waals surface area contributed by atoms with E-state index >= 15 is 0 Å². The molecule has 5 nitrogen and oxygen atoms in total. The van der Waals surface area contributed by atoms with Gasteiger partial charge in [0.15, 0.2) is 5.15 Å². The van der Waals surface area contributed by atoms with E-state index in [4.69, 9.17) is 11.6 Å². The highest BCUT2D eigenvalue weighted by atomic mass is 35.5. The van der Waals surface area contributed by atoms with Gasteiger partial charge in [0.25, 0.3) is 0 Å². The second-order valence-corrected chi connectivity index (χ2v) is 6.07. The topological polar surface area (TPSA) is 59.8 Å². The third-order valence-electron chi connectivity index (χ3n) is 3.02. The number of rotatable bonds is 5. The predicted octanol–water partition coefficient (Wildman–Crippen LogP) is 3.20. The average Bonchev–Trinajstić information content (AvgIpc) is 2.81. The van der Waals surface area contributed by atoms with Crippen molar-refractivity contribution in [3.8, 4) is 5.69 Å². The lowest BCUT2D eigenvalue weighted by Crippen LogP contribution is -2.20. The largest absolute Gasteiger partial charge is 0.322 e. The molecule has 1 N–H and O–H groups in total. The van der Waals surface area contributed by atoms with Gasteiger partial charge in [-0.2, -0.15) is 17.7 Å². The Morgan fingerprint density at radius 1 is 1.52 bits per heavy atom. The first-order valence-corrected chi connectivity index (χ1v) is 7.50. The number of carbonyl (C=O) groups excluding carboxylic acids is 1. The summed E-state index contributed by atoms with van der Waals surface area (Å²) in [6.45, 7) is 4.05. The Labute approximate surface area is 134 Å². The number of nitrogens with one attached hydrogen (secondary N) is 1. The summed E-state index contributed by atoms with van der Waals surface area (Å²) < 4.78 is 1.57. The van der Waals surface area contributed by atoms with E-state index in [0.717, 1.165) is 5.69 Å². The van der Waals surface area contributed by atoms with Crippen LogP contribution in [0.1, 0.15) is 20.3 Å². The van der Waals surface area contributed by atoms with Crippen molar-refractivity contribution in [1.29, 1.82) is 0 Å². The van der Waals surface area contributed by atoms with Gasteiger partial charge in [-0.1, -0.05) is 25.4 Å². The van der Waals surface area contributed by atoms with Crippen molar-refractivity contribution in [2.45, 2.75) is 25.5 Å². The van der Waals surface area contributed by atoms with Gasteiger partial charge in [0.05, 0.1) is 23.8 Å². The van der Waals surface area contributed by atoms with Crippen molar-refractivity contribution in [2.24, 2.45) is 5.92 Å². The second kappa shape index (κ2) is 6.95. The van der Waals surface area contributed by atoms with Crippen LogP contribution in [0.2, 0.25) is 5.15 Å². The summed E-state index contributed by atoms with van der Waals surface area (Å²) in [5.74, 6) is 0.198. The van der Waals surface area contributed by atoms with Crippen LogP contribution >= 0.6 is 24.2 Å². The van der Waals surface area contributed by atoms with Crippen LogP contribution in [0.5, 0.6) is 0 Å². The van der Waals surface area contributed by atoms with Gasteiger partial charge in [0, 0.05) is 17.9 Å². The van der Waals surface area contributed by atoms with Gasteiger partial charge in [0.2, 0.25) is 5.91 Å². The number of pyridine rings is 1. The number of hydrogen-bond acceptors (Lipinski definition) is 4. The van der Waals surface area contributed by atoms with Crippen molar-refractivity contribution in [1.82, 2.24) is 14.8 Å². The summed E-state index contributed by atoms with van der Waals surface area (Å²) in [7, 11) is 0. The Kier molecular flexibility index (Phi) is 5.25. The lowest BCUT2D eigenvalue weighted by molar-refractivity contribution is -0.116. The fourth-order valence-corrected chi connectivity index (χ4v) is 2.03. The molecule has 1 amide bonds. The van der Waals surface area contributed by atoms with Gasteiger partial charge >= 0.3 is 0 Å². The van der Waals surface area contributed by atoms with Crippen LogP contribution in [0.3, 0.4) is 0 Å². The minimum atomic E-state index is -0.128. The van der Waals surface area contributed by atoms with Crippen LogP contribution in [0.15, 0.2) is 30.7 Å². The molecular weight excluding hydrogens is 308 g/mol. The highest BCUT2D eigenvalue weighted by Crippen LogP contribution is 2.22. The third-order valence-corrected chi connectivity index (χ3v) is 4.08. The van der Waals surface area contributed by atoms with E-state index in [1.807, 2.05) is 19.9 Å². The highest BCUT2D eigenvalue weighted by molar-refractivity contribution is 7.81. The number of nitrogens with zero attached hydrogens (tertiary/aromatic N) is 3. The van der Waals surface area contributed by atoms with Crippen LogP contribution in [-0.2, 0) is 4.79 Å². The molecule has 2 aromatic rings. The van der Waals surface area contributed by atoms with Gasteiger partial charge in [0.1, 0.15) is 0 Å². The number of amides is 1. The zero-order valence-corrected chi connectivity index (χ0v) is 13.5. The second-order valence-electron chi connectivity index (χ2n) is 5.05. The van der Waals surface area contributed by atoms with Gasteiger partial charge in [-0.15, -0.1) is 0 Å². The van der Waals surface area contributed by atoms with Crippen LogP contribution in [0.4, 0.5) is 5.69 Å². The number of hydrogen-bond donors (Lipinski definition) is 2. The van der Waals surface area contributed by atoms with Crippen LogP contribution in [0, 0.1) is 5.92 Å². The molecule has 0 aliphatic heterocycles. The SMILES string of the molecule is CC(C)C(S)CC(=O)Nc1cn(-c2cccnc2)nc1Cl. The summed E-state index contributed by atoms with van der Waals surface area (Å²) in [6.07, 6.45) is 5.34. The Morgan fingerprint density at radius 2 is 2.29 bits per heavy atom.